The van der Waals surface area contributed by atoms with E-state index < -0.39 is 0 Å². The van der Waals surface area contributed by atoms with Crippen LogP contribution in [0.4, 0.5) is 5.82 Å². The van der Waals surface area contributed by atoms with E-state index in [0.717, 1.165) is 43.9 Å². The third-order valence-corrected chi connectivity index (χ3v) is 3.37. The van der Waals surface area contributed by atoms with E-state index in [1.54, 1.807) is 0 Å². The third-order valence-electron chi connectivity index (χ3n) is 3.37. The number of carbonyl (C=O) groups excluding carboxylic acids is 1. The maximum absolute atomic E-state index is 12.2. The lowest BCUT2D eigenvalue weighted by Crippen LogP contribution is -2.25. The number of anilines is 1. The van der Waals surface area contributed by atoms with E-state index in [1.165, 1.54) is 19.3 Å². The van der Waals surface area contributed by atoms with Gasteiger partial charge in [-0.2, -0.15) is 0 Å². The van der Waals surface area contributed by atoms with Crippen LogP contribution in [0.15, 0.2) is 12.1 Å². The number of nitrogens with one attached hydrogen (secondary N) is 2. The summed E-state index contributed by atoms with van der Waals surface area (Å²) in [6.45, 7) is 7.98. The van der Waals surface area contributed by atoms with Crippen LogP contribution in [0.5, 0.6) is 0 Å². The van der Waals surface area contributed by atoms with E-state index >= 15 is 0 Å². The molecule has 0 aliphatic rings. The van der Waals surface area contributed by atoms with Gasteiger partial charge in [-0.3, -0.25) is 4.79 Å². The van der Waals surface area contributed by atoms with E-state index in [1.807, 2.05) is 12.1 Å². The molecule has 1 aromatic rings. The maximum atomic E-state index is 12.2. The molecule has 0 fully saturated rings. The van der Waals surface area contributed by atoms with Gasteiger partial charge in [0.05, 0.1) is 0 Å². The van der Waals surface area contributed by atoms with E-state index in [0.29, 0.717) is 5.56 Å². The molecule has 0 spiro atoms. The summed E-state index contributed by atoms with van der Waals surface area (Å²) in [6, 6.07) is 3.73. The van der Waals surface area contributed by atoms with Gasteiger partial charge in [0.2, 0.25) is 0 Å². The molecule has 0 saturated heterocycles. The zero-order valence-corrected chi connectivity index (χ0v) is 13.7. The molecule has 1 amide bonds. The number of unbranched alkanes of at least 4 members (excludes halogenated alkanes) is 3. The molecule has 0 atom stereocenters. The molecule has 1 rings (SSSR count). The Bertz CT molecular complexity index is 432. The predicted octanol–water partition coefficient (Wildman–Crippen LogP) is 3.78. The summed E-state index contributed by atoms with van der Waals surface area (Å²) < 4.78 is 0. The van der Waals surface area contributed by atoms with Crippen LogP contribution in [0.1, 0.15) is 68.9 Å². The van der Waals surface area contributed by atoms with Crippen LogP contribution in [-0.4, -0.2) is 24.0 Å². The summed E-state index contributed by atoms with van der Waals surface area (Å²) in [4.78, 5) is 16.7. The average molecular weight is 291 g/mol. The standard InChI is InChI=1S/C17H29N3O/c1-4-7-8-9-11-19-17(21)14-12-15(6-3)20-16(13-14)18-10-5-2/h12-13H,4-11H2,1-3H3,(H,18,20)(H,19,21). The topological polar surface area (TPSA) is 54.0 Å². The largest absolute Gasteiger partial charge is 0.370 e. The summed E-state index contributed by atoms with van der Waals surface area (Å²) in [7, 11) is 0. The predicted molar refractivity (Wildman–Crippen MR) is 88.9 cm³/mol. The number of rotatable bonds is 10. The minimum atomic E-state index is 0.00291. The molecule has 2 N–H and O–H groups in total. The van der Waals surface area contributed by atoms with Gasteiger partial charge in [0, 0.05) is 24.3 Å². The van der Waals surface area contributed by atoms with Gasteiger partial charge >= 0.3 is 0 Å². The smallest absolute Gasteiger partial charge is 0.251 e. The molecule has 4 nitrogen and oxygen atoms in total. The molecule has 21 heavy (non-hydrogen) atoms. The molecule has 0 aliphatic heterocycles. The van der Waals surface area contributed by atoms with Crippen LogP contribution in [-0.2, 0) is 6.42 Å². The molecular formula is C17H29N3O. The molecule has 0 saturated carbocycles. The Morgan fingerprint density at radius 1 is 1.05 bits per heavy atom. The zero-order chi connectivity index (χ0) is 15.5. The van der Waals surface area contributed by atoms with Crippen molar-refractivity contribution in [3.63, 3.8) is 0 Å². The SMILES string of the molecule is CCCCCCNC(=O)c1cc(CC)nc(NCCC)c1. The van der Waals surface area contributed by atoms with Crippen LogP contribution in [0.25, 0.3) is 0 Å². The molecule has 0 aliphatic carbocycles. The highest BCUT2D eigenvalue weighted by Gasteiger charge is 2.09. The number of amides is 1. The second-order valence-electron chi connectivity index (χ2n) is 5.33. The highest BCUT2D eigenvalue weighted by Crippen LogP contribution is 2.11. The van der Waals surface area contributed by atoms with Crippen molar-refractivity contribution < 1.29 is 4.79 Å². The number of hydrogen-bond donors (Lipinski definition) is 2. The van der Waals surface area contributed by atoms with Crippen LogP contribution < -0.4 is 10.6 Å². The van der Waals surface area contributed by atoms with Crippen LogP contribution >= 0.6 is 0 Å². The first kappa shape index (κ1) is 17.5. The quantitative estimate of drug-likeness (QED) is 0.645. The van der Waals surface area contributed by atoms with Gasteiger partial charge < -0.3 is 10.6 Å². The van der Waals surface area contributed by atoms with Crippen LogP contribution in [0, 0.1) is 0 Å². The molecule has 1 heterocycles. The van der Waals surface area contributed by atoms with Gasteiger partial charge in [-0.1, -0.05) is 40.0 Å². The molecule has 0 aromatic carbocycles. The summed E-state index contributed by atoms with van der Waals surface area (Å²) in [5, 5.41) is 6.26. The number of hydrogen-bond acceptors (Lipinski definition) is 3. The lowest BCUT2D eigenvalue weighted by atomic mass is 10.1. The fraction of sp³-hybridized carbons (Fsp3) is 0.647. The van der Waals surface area contributed by atoms with Crippen molar-refractivity contribution >= 4 is 11.7 Å². The Morgan fingerprint density at radius 3 is 2.52 bits per heavy atom. The Hall–Kier alpha value is -1.58. The molecule has 1 aromatic heterocycles. The van der Waals surface area contributed by atoms with Crippen molar-refractivity contribution in [3.05, 3.63) is 23.4 Å². The number of carbonyl (C=O) groups is 1. The molecule has 0 radical (unpaired) electrons. The third kappa shape index (κ3) is 6.61. The van der Waals surface area contributed by atoms with Crippen molar-refractivity contribution in [3.8, 4) is 0 Å². The molecule has 118 valence electrons. The summed E-state index contributed by atoms with van der Waals surface area (Å²) >= 11 is 0. The monoisotopic (exact) mass is 291 g/mol. The van der Waals surface area contributed by atoms with Crippen LogP contribution in [0.2, 0.25) is 0 Å². The van der Waals surface area contributed by atoms with Gasteiger partial charge in [-0.15, -0.1) is 0 Å². The van der Waals surface area contributed by atoms with Gasteiger partial charge in [-0.25, -0.2) is 4.98 Å². The van der Waals surface area contributed by atoms with E-state index in [-0.39, 0.29) is 5.91 Å². The minimum absolute atomic E-state index is 0.00291. The van der Waals surface area contributed by atoms with E-state index in [9.17, 15) is 4.79 Å². The van der Waals surface area contributed by atoms with Crippen molar-refractivity contribution in [1.29, 1.82) is 0 Å². The second kappa shape index (κ2) is 10.2. The Morgan fingerprint density at radius 2 is 1.86 bits per heavy atom. The number of nitrogens with zero attached hydrogens (tertiary/aromatic N) is 1. The van der Waals surface area contributed by atoms with Crippen molar-refractivity contribution in [2.75, 3.05) is 18.4 Å². The molecule has 0 bridgehead atoms. The normalized spacial score (nSPS) is 10.4. The Labute approximate surface area is 128 Å². The molecule has 0 unspecified atom stereocenters. The first-order chi connectivity index (χ1) is 10.2. The van der Waals surface area contributed by atoms with Crippen LogP contribution in [0.3, 0.4) is 0 Å². The fourth-order valence-corrected chi connectivity index (χ4v) is 2.10. The molecule has 4 heteroatoms. The van der Waals surface area contributed by atoms with E-state index in [4.69, 9.17) is 0 Å². The summed E-state index contributed by atoms with van der Waals surface area (Å²) in [6.07, 6.45) is 6.54. The first-order valence-corrected chi connectivity index (χ1v) is 8.24. The lowest BCUT2D eigenvalue weighted by molar-refractivity contribution is 0.0952. The highest BCUT2D eigenvalue weighted by molar-refractivity contribution is 5.95. The Balaban J connectivity index is 2.60. The summed E-state index contributed by atoms with van der Waals surface area (Å²) in [5.41, 5.74) is 1.66. The highest BCUT2D eigenvalue weighted by atomic mass is 16.1. The van der Waals surface area contributed by atoms with Gasteiger partial charge in [0.15, 0.2) is 0 Å². The number of aromatic nitrogens is 1. The summed E-state index contributed by atoms with van der Waals surface area (Å²) in [5.74, 6) is 0.801. The van der Waals surface area contributed by atoms with Crippen molar-refractivity contribution in [2.24, 2.45) is 0 Å². The minimum Gasteiger partial charge on any atom is -0.370 e. The fourth-order valence-electron chi connectivity index (χ4n) is 2.10. The molecular weight excluding hydrogens is 262 g/mol. The van der Waals surface area contributed by atoms with Gasteiger partial charge in [0.1, 0.15) is 5.82 Å². The number of aryl methyl sites for hydroxylation is 1. The van der Waals surface area contributed by atoms with Gasteiger partial charge in [-0.05, 0) is 31.4 Å². The Kier molecular flexibility index (Phi) is 8.48. The second-order valence-corrected chi connectivity index (χ2v) is 5.33. The number of pyridine rings is 1. The van der Waals surface area contributed by atoms with Crippen molar-refractivity contribution in [2.45, 2.75) is 59.3 Å². The van der Waals surface area contributed by atoms with Gasteiger partial charge in [0.25, 0.3) is 5.91 Å². The maximum Gasteiger partial charge on any atom is 0.251 e. The zero-order valence-electron chi connectivity index (χ0n) is 13.7. The first-order valence-electron chi connectivity index (χ1n) is 8.24. The average Bonchev–Trinajstić information content (AvgIpc) is 2.52. The van der Waals surface area contributed by atoms with Crippen molar-refractivity contribution in [1.82, 2.24) is 10.3 Å². The van der Waals surface area contributed by atoms with E-state index in [2.05, 4.69) is 36.4 Å². The lowest BCUT2D eigenvalue weighted by Gasteiger charge is -2.10.